The van der Waals surface area contributed by atoms with Gasteiger partial charge in [-0.15, -0.1) is 0 Å². The van der Waals surface area contributed by atoms with Crippen molar-refractivity contribution in [3.05, 3.63) is 35.4 Å². The summed E-state index contributed by atoms with van der Waals surface area (Å²) in [6.07, 6.45) is -0.0204. The van der Waals surface area contributed by atoms with Gasteiger partial charge in [0.05, 0.1) is 12.1 Å². The normalized spacial score (nSPS) is 25.0. The molecule has 100 valence electrons. The number of aliphatic hydroxyl groups excluding tert-OH is 1. The summed E-state index contributed by atoms with van der Waals surface area (Å²) >= 11 is 0. The van der Waals surface area contributed by atoms with Crippen LogP contribution in [0.3, 0.4) is 0 Å². The molecule has 0 radical (unpaired) electrons. The van der Waals surface area contributed by atoms with E-state index in [0.29, 0.717) is 12.3 Å². The first kappa shape index (κ1) is 13.4. The van der Waals surface area contributed by atoms with Crippen molar-refractivity contribution in [3.8, 4) is 0 Å². The van der Waals surface area contributed by atoms with Gasteiger partial charge in [-0.1, -0.05) is 26.0 Å². The van der Waals surface area contributed by atoms with Crippen LogP contribution < -0.4 is 0 Å². The van der Waals surface area contributed by atoms with Crippen LogP contribution in [0.1, 0.15) is 31.9 Å². The molecule has 4 heteroatoms. The molecule has 0 amide bonds. The maximum Gasteiger partial charge on any atom is 0.163 e. The summed E-state index contributed by atoms with van der Waals surface area (Å²) < 4.78 is 27.1. The topological polar surface area (TPSA) is 23.5 Å². The van der Waals surface area contributed by atoms with E-state index in [1.165, 1.54) is 6.07 Å². The van der Waals surface area contributed by atoms with Gasteiger partial charge in [-0.05, 0) is 18.4 Å². The summed E-state index contributed by atoms with van der Waals surface area (Å²) in [5, 5.41) is 10.0. The number of halogens is 2. The molecule has 1 aliphatic heterocycles. The SMILES string of the molecule is CC(C)CN1CCC(O)C1c1cccc(F)c1F. The second-order valence-corrected chi connectivity index (χ2v) is 5.33. The van der Waals surface area contributed by atoms with Crippen LogP contribution in [0, 0.1) is 17.6 Å². The van der Waals surface area contributed by atoms with E-state index in [0.717, 1.165) is 19.2 Å². The van der Waals surface area contributed by atoms with Crippen LogP contribution >= 0.6 is 0 Å². The Morgan fingerprint density at radius 3 is 2.78 bits per heavy atom. The average Bonchev–Trinajstić information content (AvgIpc) is 2.63. The molecule has 1 aliphatic rings. The molecule has 2 nitrogen and oxygen atoms in total. The fourth-order valence-electron chi connectivity index (χ4n) is 2.67. The molecule has 1 saturated heterocycles. The molecule has 0 spiro atoms. The zero-order valence-electron chi connectivity index (χ0n) is 10.7. The third-order valence-corrected chi connectivity index (χ3v) is 3.37. The number of hydrogen-bond donors (Lipinski definition) is 1. The lowest BCUT2D eigenvalue weighted by molar-refractivity contribution is 0.107. The first-order valence-electron chi connectivity index (χ1n) is 6.36. The lowest BCUT2D eigenvalue weighted by atomic mass is 10.0. The van der Waals surface area contributed by atoms with E-state index in [2.05, 4.69) is 13.8 Å². The van der Waals surface area contributed by atoms with E-state index in [1.807, 2.05) is 4.90 Å². The maximum absolute atomic E-state index is 13.8. The number of benzene rings is 1. The highest BCUT2D eigenvalue weighted by Gasteiger charge is 2.36. The molecule has 0 saturated carbocycles. The Hall–Kier alpha value is -1.00. The van der Waals surface area contributed by atoms with E-state index in [4.69, 9.17) is 0 Å². The molecular weight excluding hydrogens is 236 g/mol. The molecule has 1 heterocycles. The van der Waals surface area contributed by atoms with Crippen LogP contribution in [-0.4, -0.2) is 29.2 Å². The fourth-order valence-corrected chi connectivity index (χ4v) is 2.67. The van der Waals surface area contributed by atoms with Crippen molar-refractivity contribution in [1.82, 2.24) is 4.90 Å². The fraction of sp³-hybridized carbons (Fsp3) is 0.571. The van der Waals surface area contributed by atoms with Gasteiger partial charge in [0, 0.05) is 18.7 Å². The van der Waals surface area contributed by atoms with Crippen LogP contribution in [0.4, 0.5) is 8.78 Å². The van der Waals surface area contributed by atoms with Crippen molar-refractivity contribution < 1.29 is 13.9 Å². The van der Waals surface area contributed by atoms with E-state index in [9.17, 15) is 13.9 Å². The van der Waals surface area contributed by atoms with Crippen molar-refractivity contribution in [1.29, 1.82) is 0 Å². The monoisotopic (exact) mass is 255 g/mol. The van der Waals surface area contributed by atoms with E-state index in [1.54, 1.807) is 6.07 Å². The molecule has 1 fully saturated rings. The van der Waals surface area contributed by atoms with Gasteiger partial charge in [0.1, 0.15) is 0 Å². The Morgan fingerprint density at radius 1 is 1.39 bits per heavy atom. The smallest absolute Gasteiger partial charge is 0.163 e. The van der Waals surface area contributed by atoms with Crippen molar-refractivity contribution in [3.63, 3.8) is 0 Å². The van der Waals surface area contributed by atoms with Gasteiger partial charge in [-0.2, -0.15) is 0 Å². The number of nitrogens with zero attached hydrogens (tertiary/aromatic N) is 1. The molecule has 0 aromatic heterocycles. The summed E-state index contributed by atoms with van der Waals surface area (Å²) in [6.45, 7) is 5.64. The molecule has 0 aliphatic carbocycles. The van der Waals surface area contributed by atoms with Crippen LogP contribution in [0.5, 0.6) is 0 Å². The first-order valence-corrected chi connectivity index (χ1v) is 6.36. The second kappa shape index (κ2) is 5.33. The van der Waals surface area contributed by atoms with Gasteiger partial charge in [-0.3, -0.25) is 4.90 Å². The van der Waals surface area contributed by atoms with Crippen LogP contribution in [0.15, 0.2) is 18.2 Å². The van der Waals surface area contributed by atoms with Gasteiger partial charge in [0.15, 0.2) is 11.6 Å². The van der Waals surface area contributed by atoms with Gasteiger partial charge in [0.25, 0.3) is 0 Å². The lowest BCUT2D eigenvalue weighted by Crippen LogP contribution is -2.31. The first-order chi connectivity index (χ1) is 8.50. The number of likely N-dealkylation sites (tertiary alicyclic amines) is 1. The highest BCUT2D eigenvalue weighted by molar-refractivity contribution is 5.24. The average molecular weight is 255 g/mol. The van der Waals surface area contributed by atoms with Crippen molar-refractivity contribution in [2.75, 3.05) is 13.1 Å². The van der Waals surface area contributed by atoms with Crippen molar-refractivity contribution in [2.24, 2.45) is 5.92 Å². The molecule has 2 rings (SSSR count). The highest BCUT2D eigenvalue weighted by Crippen LogP contribution is 2.34. The highest BCUT2D eigenvalue weighted by atomic mass is 19.2. The molecule has 2 atom stereocenters. The Bertz CT molecular complexity index is 422. The minimum absolute atomic E-state index is 0.264. The summed E-state index contributed by atoms with van der Waals surface area (Å²) in [7, 11) is 0. The predicted octanol–water partition coefficient (Wildman–Crippen LogP) is 2.73. The van der Waals surface area contributed by atoms with E-state index in [-0.39, 0.29) is 5.56 Å². The molecular formula is C14H19F2NO. The minimum Gasteiger partial charge on any atom is -0.391 e. The summed E-state index contributed by atoms with van der Waals surface area (Å²) in [5.74, 6) is -1.26. The Labute approximate surface area is 106 Å². The van der Waals surface area contributed by atoms with E-state index < -0.39 is 23.8 Å². The molecule has 1 aromatic rings. The van der Waals surface area contributed by atoms with Gasteiger partial charge in [-0.25, -0.2) is 8.78 Å². The third kappa shape index (κ3) is 2.54. The third-order valence-electron chi connectivity index (χ3n) is 3.37. The quantitative estimate of drug-likeness (QED) is 0.897. The van der Waals surface area contributed by atoms with Gasteiger partial charge < -0.3 is 5.11 Å². The Balaban J connectivity index is 2.31. The summed E-state index contributed by atoms with van der Waals surface area (Å²) in [5.41, 5.74) is 0.264. The van der Waals surface area contributed by atoms with Crippen LogP contribution in [0.25, 0.3) is 0 Å². The number of aliphatic hydroxyl groups is 1. The summed E-state index contributed by atoms with van der Waals surface area (Å²) in [6, 6.07) is 3.73. The molecule has 0 bridgehead atoms. The molecule has 1 aromatic carbocycles. The number of rotatable bonds is 3. The second-order valence-electron chi connectivity index (χ2n) is 5.33. The predicted molar refractivity (Wildman–Crippen MR) is 66.1 cm³/mol. The summed E-state index contributed by atoms with van der Waals surface area (Å²) in [4.78, 5) is 2.03. The zero-order chi connectivity index (χ0) is 13.3. The zero-order valence-corrected chi connectivity index (χ0v) is 10.7. The molecule has 2 unspecified atom stereocenters. The molecule has 1 N–H and O–H groups in total. The standard InChI is InChI=1S/C14H19F2NO/c1-9(2)8-17-7-6-12(18)14(17)10-4-3-5-11(15)13(10)16/h3-5,9,12,14,18H,6-8H2,1-2H3. The Morgan fingerprint density at radius 2 is 2.11 bits per heavy atom. The largest absolute Gasteiger partial charge is 0.391 e. The minimum atomic E-state index is -0.851. The van der Waals surface area contributed by atoms with Crippen molar-refractivity contribution >= 4 is 0 Å². The van der Waals surface area contributed by atoms with Gasteiger partial charge in [0.2, 0.25) is 0 Å². The van der Waals surface area contributed by atoms with Crippen LogP contribution in [-0.2, 0) is 0 Å². The van der Waals surface area contributed by atoms with Crippen LogP contribution in [0.2, 0.25) is 0 Å². The van der Waals surface area contributed by atoms with Crippen molar-refractivity contribution in [2.45, 2.75) is 32.4 Å². The van der Waals surface area contributed by atoms with Gasteiger partial charge >= 0.3 is 0 Å². The number of hydrogen-bond acceptors (Lipinski definition) is 2. The van der Waals surface area contributed by atoms with E-state index >= 15 is 0 Å². The lowest BCUT2D eigenvalue weighted by Gasteiger charge is -2.28. The molecule has 18 heavy (non-hydrogen) atoms. The Kier molecular flexibility index (Phi) is 3.97. The maximum atomic E-state index is 13.8.